The van der Waals surface area contributed by atoms with Gasteiger partial charge >= 0.3 is 5.97 Å². The molecule has 1 aliphatic rings. The number of hydrogen-bond acceptors (Lipinski definition) is 7. The van der Waals surface area contributed by atoms with Crippen LogP contribution in [0.25, 0.3) is 10.1 Å². The largest absolute Gasteiger partial charge is 0.462 e. The van der Waals surface area contributed by atoms with Crippen molar-refractivity contribution in [1.29, 1.82) is 0 Å². The molecule has 1 fully saturated rings. The highest BCUT2D eigenvalue weighted by atomic mass is 32.1. The van der Waals surface area contributed by atoms with Gasteiger partial charge in [0.15, 0.2) is 0 Å². The van der Waals surface area contributed by atoms with Gasteiger partial charge < -0.3 is 9.64 Å². The van der Waals surface area contributed by atoms with Crippen molar-refractivity contribution in [3.63, 3.8) is 0 Å². The van der Waals surface area contributed by atoms with Gasteiger partial charge in [0.1, 0.15) is 4.88 Å². The van der Waals surface area contributed by atoms with Crippen LogP contribution >= 0.6 is 11.3 Å². The quantitative estimate of drug-likeness (QED) is 0.309. The Balaban J connectivity index is 1.36. The molecule has 1 aliphatic heterocycles. The predicted molar refractivity (Wildman–Crippen MR) is 123 cm³/mol. The molecule has 0 unspecified atom stereocenters. The van der Waals surface area contributed by atoms with E-state index in [1.54, 1.807) is 12.1 Å². The molecule has 0 atom stereocenters. The van der Waals surface area contributed by atoms with Gasteiger partial charge in [0.05, 0.1) is 11.5 Å². The molecule has 0 N–H and O–H groups in total. The summed E-state index contributed by atoms with van der Waals surface area (Å²) in [6, 6.07) is 15.0. The van der Waals surface area contributed by atoms with Crippen molar-refractivity contribution < 1.29 is 14.5 Å². The van der Waals surface area contributed by atoms with Crippen LogP contribution in [-0.4, -0.2) is 55.1 Å². The molecule has 2 aromatic carbocycles. The molecule has 1 saturated heterocycles. The van der Waals surface area contributed by atoms with Gasteiger partial charge in [-0.15, -0.1) is 11.3 Å². The van der Waals surface area contributed by atoms with Crippen molar-refractivity contribution in [3.05, 3.63) is 69.1 Å². The summed E-state index contributed by atoms with van der Waals surface area (Å²) in [5.41, 5.74) is 2.41. The highest BCUT2D eigenvalue weighted by molar-refractivity contribution is 7.20. The van der Waals surface area contributed by atoms with Crippen molar-refractivity contribution in [2.24, 2.45) is 0 Å². The summed E-state index contributed by atoms with van der Waals surface area (Å²) >= 11 is 1.48. The number of benzene rings is 2. The lowest BCUT2D eigenvalue weighted by Crippen LogP contribution is -2.47. The lowest BCUT2D eigenvalue weighted by atomic mass is 10.1. The number of non-ortho nitro benzene ring substituents is 1. The number of thiophene rings is 1. The molecule has 7 nitrogen and oxygen atoms in total. The lowest BCUT2D eigenvalue weighted by Gasteiger charge is -2.36. The van der Waals surface area contributed by atoms with Crippen molar-refractivity contribution in [2.45, 2.75) is 13.3 Å². The number of esters is 1. The molecule has 0 aliphatic carbocycles. The Hall–Kier alpha value is -2.97. The van der Waals surface area contributed by atoms with Crippen LogP contribution in [0.2, 0.25) is 0 Å². The number of piperazine rings is 1. The van der Waals surface area contributed by atoms with Gasteiger partial charge in [0, 0.05) is 60.6 Å². The molecule has 0 radical (unpaired) electrons. The number of hydrogen-bond donors (Lipinski definition) is 0. The van der Waals surface area contributed by atoms with Gasteiger partial charge in [0.25, 0.3) is 5.69 Å². The zero-order chi connectivity index (χ0) is 21.8. The van der Waals surface area contributed by atoms with Crippen LogP contribution < -0.4 is 4.90 Å². The topological polar surface area (TPSA) is 75.9 Å². The number of nitrogens with zero attached hydrogens (tertiary/aromatic N) is 3. The van der Waals surface area contributed by atoms with Crippen molar-refractivity contribution in [3.8, 4) is 0 Å². The second-order valence-corrected chi connectivity index (χ2v) is 8.61. The van der Waals surface area contributed by atoms with Crippen molar-refractivity contribution >= 4 is 38.8 Å². The zero-order valence-electron chi connectivity index (χ0n) is 17.5. The highest BCUT2D eigenvalue weighted by Crippen LogP contribution is 2.34. The fourth-order valence-corrected chi connectivity index (χ4v) is 4.88. The third-order valence-corrected chi connectivity index (χ3v) is 6.67. The molecule has 4 rings (SSSR count). The summed E-state index contributed by atoms with van der Waals surface area (Å²) in [5.74, 6) is -0.259. The Morgan fingerprint density at radius 3 is 2.55 bits per heavy atom. The first kappa shape index (κ1) is 21.3. The van der Waals surface area contributed by atoms with Crippen LogP contribution in [0.3, 0.4) is 0 Å². The molecular formula is C23H25N3O4S. The first-order valence-corrected chi connectivity index (χ1v) is 11.3. The maximum Gasteiger partial charge on any atom is 0.348 e. The second-order valence-electron chi connectivity index (χ2n) is 7.52. The van der Waals surface area contributed by atoms with Crippen molar-refractivity contribution in [1.82, 2.24) is 4.90 Å². The van der Waals surface area contributed by atoms with E-state index in [0.717, 1.165) is 54.8 Å². The number of nitro benzene ring substituents is 1. The Bertz CT molecular complexity index is 1070. The summed E-state index contributed by atoms with van der Waals surface area (Å²) in [5, 5.41) is 11.9. The van der Waals surface area contributed by atoms with Gasteiger partial charge in [-0.1, -0.05) is 18.2 Å². The zero-order valence-corrected chi connectivity index (χ0v) is 18.3. The number of anilines is 1. The third kappa shape index (κ3) is 4.86. The molecule has 1 aromatic heterocycles. The predicted octanol–water partition coefficient (Wildman–Crippen LogP) is 4.35. The summed E-state index contributed by atoms with van der Waals surface area (Å²) in [6.07, 6.45) is 0.876. The minimum Gasteiger partial charge on any atom is -0.462 e. The molecule has 2 heterocycles. The first-order valence-electron chi connectivity index (χ1n) is 10.5. The van der Waals surface area contributed by atoms with E-state index in [4.69, 9.17) is 4.74 Å². The second kappa shape index (κ2) is 9.45. The highest BCUT2D eigenvalue weighted by Gasteiger charge is 2.20. The number of carbonyl (C=O) groups is 1. The SMILES string of the molecule is CCOC(=O)c1cc2c(N3CCN(CCc4ccc([N+](=O)[O-])cc4)CC3)cccc2s1. The molecule has 0 saturated carbocycles. The van der Waals surface area contributed by atoms with Gasteiger partial charge in [0.2, 0.25) is 0 Å². The molecule has 0 spiro atoms. The normalized spacial score (nSPS) is 14.7. The van der Waals surface area contributed by atoms with Crippen molar-refractivity contribution in [2.75, 3.05) is 44.2 Å². The Morgan fingerprint density at radius 1 is 1.13 bits per heavy atom. The number of rotatable bonds is 7. The molecule has 3 aromatic rings. The smallest absolute Gasteiger partial charge is 0.348 e. The standard InChI is InChI=1S/C23H25N3O4S/c1-2-30-23(27)22-16-19-20(4-3-5-21(19)31-22)25-14-12-24(13-15-25)11-10-17-6-8-18(9-7-17)26(28)29/h3-9,16H,2,10-15H2,1H3. The van der Waals surface area contributed by atoms with Gasteiger partial charge in [-0.05, 0) is 37.1 Å². The number of fused-ring (bicyclic) bond motifs is 1. The third-order valence-electron chi connectivity index (χ3n) is 5.59. The summed E-state index contributed by atoms with van der Waals surface area (Å²) in [7, 11) is 0. The Morgan fingerprint density at radius 2 is 1.87 bits per heavy atom. The first-order chi connectivity index (χ1) is 15.0. The molecule has 162 valence electrons. The van der Waals surface area contributed by atoms with E-state index >= 15 is 0 Å². The molecule has 0 bridgehead atoms. The van der Waals surface area contributed by atoms with Gasteiger partial charge in [-0.25, -0.2) is 4.79 Å². The number of nitro groups is 1. The lowest BCUT2D eigenvalue weighted by molar-refractivity contribution is -0.384. The van der Waals surface area contributed by atoms with Crippen LogP contribution in [-0.2, 0) is 11.2 Å². The van der Waals surface area contributed by atoms with E-state index in [2.05, 4.69) is 15.9 Å². The molecular weight excluding hydrogens is 414 g/mol. The van der Waals surface area contributed by atoms with E-state index in [9.17, 15) is 14.9 Å². The van der Waals surface area contributed by atoms with E-state index in [-0.39, 0.29) is 16.6 Å². The monoisotopic (exact) mass is 439 g/mol. The molecule has 8 heteroatoms. The van der Waals surface area contributed by atoms with Gasteiger partial charge in [-0.3, -0.25) is 15.0 Å². The van der Waals surface area contributed by atoms with E-state index in [0.29, 0.717) is 11.5 Å². The minimum absolute atomic E-state index is 0.131. The van der Waals surface area contributed by atoms with Crippen LogP contribution in [0.1, 0.15) is 22.2 Å². The molecule has 31 heavy (non-hydrogen) atoms. The van der Waals surface area contributed by atoms with Crippen LogP contribution in [0, 0.1) is 10.1 Å². The summed E-state index contributed by atoms with van der Waals surface area (Å²) < 4.78 is 6.25. The fourth-order valence-electron chi connectivity index (χ4n) is 3.91. The average Bonchev–Trinajstić information content (AvgIpc) is 3.23. The Labute approximate surface area is 185 Å². The van der Waals surface area contributed by atoms with E-state index < -0.39 is 0 Å². The van der Waals surface area contributed by atoms with Crippen LogP contribution in [0.15, 0.2) is 48.5 Å². The van der Waals surface area contributed by atoms with Crippen LogP contribution in [0.5, 0.6) is 0 Å². The van der Waals surface area contributed by atoms with Gasteiger partial charge in [-0.2, -0.15) is 0 Å². The maximum absolute atomic E-state index is 12.1. The average molecular weight is 440 g/mol. The number of ether oxygens (including phenoxy) is 1. The van der Waals surface area contributed by atoms with Crippen LogP contribution in [0.4, 0.5) is 11.4 Å². The maximum atomic E-state index is 12.1. The van der Waals surface area contributed by atoms with E-state index in [1.807, 2.05) is 37.3 Å². The fraction of sp³-hybridized carbons (Fsp3) is 0.348. The number of carbonyl (C=O) groups excluding carboxylic acids is 1. The minimum atomic E-state index is -0.368. The molecule has 0 amide bonds. The van der Waals surface area contributed by atoms with E-state index in [1.165, 1.54) is 17.0 Å². The summed E-state index contributed by atoms with van der Waals surface area (Å²) in [4.78, 5) is 28.0. The Kier molecular flexibility index (Phi) is 6.48. The summed E-state index contributed by atoms with van der Waals surface area (Å²) in [6.45, 7) is 6.88.